The first-order chi connectivity index (χ1) is 11.8. The van der Waals surface area contributed by atoms with Gasteiger partial charge in [0.05, 0.1) is 13.0 Å². The molecule has 2 rings (SSSR count). The number of hydrogen-bond donors (Lipinski definition) is 1. The van der Waals surface area contributed by atoms with Gasteiger partial charge in [0.2, 0.25) is 5.91 Å². The average Bonchev–Trinajstić information content (AvgIpc) is 2.55. The molecule has 0 bridgehead atoms. The minimum absolute atomic E-state index is 0.0569. The van der Waals surface area contributed by atoms with Crippen LogP contribution in [-0.2, 0) is 22.4 Å². The van der Waals surface area contributed by atoms with E-state index in [4.69, 9.17) is 5.11 Å². The van der Waals surface area contributed by atoms with Crippen LogP contribution in [0.15, 0.2) is 24.3 Å². The minimum atomic E-state index is -0.804. The Kier molecular flexibility index (Phi) is 7.00. The lowest BCUT2D eigenvalue weighted by molar-refractivity contribution is -0.139. The molecule has 1 saturated heterocycles. The van der Waals surface area contributed by atoms with E-state index >= 15 is 0 Å². The molecule has 0 unspecified atom stereocenters. The summed E-state index contributed by atoms with van der Waals surface area (Å²) < 4.78 is 0. The zero-order chi connectivity index (χ0) is 18.4. The van der Waals surface area contributed by atoms with Crippen molar-refractivity contribution in [2.24, 2.45) is 5.92 Å². The number of aliphatic carboxylic acids is 1. The van der Waals surface area contributed by atoms with Crippen LogP contribution in [0.1, 0.15) is 37.8 Å². The molecule has 0 atom stereocenters. The number of likely N-dealkylation sites (tertiary alicyclic amines) is 1. The van der Waals surface area contributed by atoms with Crippen LogP contribution >= 0.6 is 0 Å². The molecule has 1 N–H and O–H groups in total. The van der Waals surface area contributed by atoms with Gasteiger partial charge in [0, 0.05) is 19.1 Å². The number of rotatable bonds is 7. The van der Waals surface area contributed by atoms with Crippen molar-refractivity contribution in [3.63, 3.8) is 0 Å². The molecule has 1 aliphatic rings. The van der Waals surface area contributed by atoms with Gasteiger partial charge in [-0.3, -0.25) is 14.5 Å². The predicted molar refractivity (Wildman–Crippen MR) is 98.6 cm³/mol. The molecule has 0 aromatic heterocycles. The van der Waals surface area contributed by atoms with Crippen molar-refractivity contribution >= 4 is 11.9 Å². The number of carbonyl (C=O) groups is 2. The minimum Gasteiger partial charge on any atom is -0.480 e. The molecule has 0 aliphatic carbocycles. The molecule has 5 nitrogen and oxygen atoms in total. The highest BCUT2D eigenvalue weighted by molar-refractivity contribution is 5.78. The van der Waals surface area contributed by atoms with Gasteiger partial charge in [-0.2, -0.15) is 0 Å². The van der Waals surface area contributed by atoms with E-state index < -0.39 is 5.97 Å². The molecule has 1 aromatic carbocycles. The number of hydrogen-bond acceptors (Lipinski definition) is 3. The van der Waals surface area contributed by atoms with Crippen molar-refractivity contribution in [3.05, 3.63) is 35.4 Å². The second-order valence-electron chi connectivity index (χ2n) is 7.51. The summed E-state index contributed by atoms with van der Waals surface area (Å²) in [4.78, 5) is 27.1. The van der Waals surface area contributed by atoms with Gasteiger partial charge < -0.3 is 10.0 Å². The first-order valence-electron chi connectivity index (χ1n) is 9.12. The number of carbonyl (C=O) groups excluding carboxylic acids is 1. The number of nitrogens with zero attached hydrogens (tertiary/aromatic N) is 2. The Morgan fingerprint density at radius 3 is 2.24 bits per heavy atom. The zero-order valence-electron chi connectivity index (χ0n) is 15.6. The van der Waals surface area contributed by atoms with E-state index in [1.54, 1.807) is 0 Å². The van der Waals surface area contributed by atoms with Crippen molar-refractivity contribution < 1.29 is 14.7 Å². The highest BCUT2D eigenvalue weighted by Gasteiger charge is 2.25. The maximum atomic E-state index is 12.5. The van der Waals surface area contributed by atoms with Crippen LogP contribution in [0.5, 0.6) is 0 Å². The summed E-state index contributed by atoms with van der Waals surface area (Å²) in [7, 11) is 1.84. The smallest absolute Gasteiger partial charge is 0.317 e. The fourth-order valence-corrected chi connectivity index (χ4v) is 3.45. The average molecular weight is 346 g/mol. The topological polar surface area (TPSA) is 60.9 Å². The molecule has 1 amide bonds. The highest BCUT2D eigenvalue weighted by atomic mass is 16.4. The third-order valence-corrected chi connectivity index (χ3v) is 4.85. The fraction of sp³-hybridized carbons (Fsp3) is 0.600. The lowest BCUT2D eigenvalue weighted by atomic mass is 10.00. The highest BCUT2D eigenvalue weighted by Crippen LogP contribution is 2.17. The summed E-state index contributed by atoms with van der Waals surface area (Å²) in [6, 6.07) is 8.60. The quantitative estimate of drug-likeness (QED) is 0.824. The van der Waals surface area contributed by atoms with E-state index in [1.165, 1.54) is 5.56 Å². The number of benzene rings is 1. The summed E-state index contributed by atoms with van der Waals surface area (Å²) in [5.74, 6) is -0.00842. The van der Waals surface area contributed by atoms with Gasteiger partial charge >= 0.3 is 5.97 Å². The van der Waals surface area contributed by atoms with Crippen LogP contribution in [-0.4, -0.2) is 59.5 Å². The Labute approximate surface area is 150 Å². The Balaban J connectivity index is 1.81. The molecule has 0 spiro atoms. The Hall–Kier alpha value is -1.88. The lowest BCUT2D eigenvalue weighted by Crippen LogP contribution is -2.47. The summed E-state index contributed by atoms with van der Waals surface area (Å²) in [6.07, 6.45) is 3.18. The second kappa shape index (κ2) is 8.99. The van der Waals surface area contributed by atoms with Crippen LogP contribution in [0.2, 0.25) is 0 Å². The van der Waals surface area contributed by atoms with E-state index in [0.717, 1.165) is 24.8 Å². The number of amides is 1. The molecule has 5 heteroatoms. The molecule has 0 saturated carbocycles. The van der Waals surface area contributed by atoms with E-state index in [9.17, 15) is 9.59 Å². The SMILES string of the molecule is CC(C)Cc1ccc(CC(=O)N2CCC(N(C)CC(=O)O)CC2)cc1. The van der Waals surface area contributed by atoms with Crippen molar-refractivity contribution in [2.75, 3.05) is 26.7 Å². The number of carboxylic acids is 1. The third-order valence-electron chi connectivity index (χ3n) is 4.85. The van der Waals surface area contributed by atoms with Crippen LogP contribution in [0.4, 0.5) is 0 Å². The third kappa shape index (κ3) is 6.16. The van der Waals surface area contributed by atoms with Crippen LogP contribution in [0.3, 0.4) is 0 Å². The first kappa shape index (κ1) is 19.4. The molecule has 1 heterocycles. The van der Waals surface area contributed by atoms with Crippen molar-refractivity contribution in [2.45, 2.75) is 45.6 Å². The molecule has 0 radical (unpaired) electrons. The van der Waals surface area contributed by atoms with E-state index in [2.05, 4.69) is 38.1 Å². The van der Waals surface area contributed by atoms with Crippen LogP contribution in [0.25, 0.3) is 0 Å². The van der Waals surface area contributed by atoms with E-state index in [-0.39, 0.29) is 18.5 Å². The molecular weight excluding hydrogens is 316 g/mol. The van der Waals surface area contributed by atoms with Gasteiger partial charge in [-0.25, -0.2) is 0 Å². The molecule has 25 heavy (non-hydrogen) atoms. The Morgan fingerprint density at radius 1 is 1.16 bits per heavy atom. The summed E-state index contributed by atoms with van der Waals surface area (Å²) >= 11 is 0. The monoisotopic (exact) mass is 346 g/mol. The van der Waals surface area contributed by atoms with Gasteiger partial charge in [0.25, 0.3) is 0 Å². The molecule has 1 aromatic rings. The van der Waals surface area contributed by atoms with Gasteiger partial charge in [0.1, 0.15) is 0 Å². The zero-order valence-corrected chi connectivity index (χ0v) is 15.6. The maximum absolute atomic E-state index is 12.5. The second-order valence-corrected chi connectivity index (χ2v) is 7.51. The van der Waals surface area contributed by atoms with Gasteiger partial charge in [-0.15, -0.1) is 0 Å². The summed E-state index contributed by atoms with van der Waals surface area (Å²) in [6.45, 7) is 5.88. The standard InChI is InChI=1S/C20H30N2O3/c1-15(2)12-16-4-6-17(7-5-16)13-19(23)22-10-8-18(9-11-22)21(3)14-20(24)25/h4-7,15,18H,8-14H2,1-3H3,(H,24,25). The van der Waals surface area contributed by atoms with Crippen molar-refractivity contribution in [1.29, 1.82) is 0 Å². The number of piperidine rings is 1. The van der Waals surface area contributed by atoms with Gasteiger partial charge in [0.15, 0.2) is 0 Å². The van der Waals surface area contributed by atoms with Crippen molar-refractivity contribution in [1.82, 2.24) is 9.80 Å². The van der Waals surface area contributed by atoms with E-state index in [1.807, 2.05) is 16.8 Å². The van der Waals surface area contributed by atoms with Crippen molar-refractivity contribution in [3.8, 4) is 0 Å². The summed E-state index contributed by atoms with van der Waals surface area (Å²) in [5.41, 5.74) is 2.37. The molecular formula is C20H30N2O3. The Bertz CT molecular complexity index is 575. The first-order valence-corrected chi connectivity index (χ1v) is 9.12. The van der Waals surface area contributed by atoms with Gasteiger partial charge in [-0.1, -0.05) is 38.1 Å². The van der Waals surface area contributed by atoms with Gasteiger partial charge in [-0.05, 0) is 43.4 Å². The number of carboxylic acid groups (broad SMARTS) is 1. The molecule has 138 valence electrons. The van der Waals surface area contributed by atoms with Crippen LogP contribution < -0.4 is 0 Å². The normalized spacial score (nSPS) is 15.8. The molecule has 1 aliphatic heterocycles. The predicted octanol–water partition coefficient (Wildman–Crippen LogP) is 2.44. The summed E-state index contributed by atoms with van der Waals surface area (Å²) in [5, 5.41) is 8.88. The largest absolute Gasteiger partial charge is 0.480 e. The molecule has 1 fully saturated rings. The van der Waals surface area contributed by atoms with E-state index in [0.29, 0.717) is 25.4 Å². The maximum Gasteiger partial charge on any atom is 0.317 e. The lowest BCUT2D eigenvalue weighted by Gasteiger charge is -2.36. The van der Waals surface area contributed by atoms with Crippen LogP contribution in [0, 0.1) is 5.92 Å². The fourth-order valence-electron chi connectivity index (χ4n) is 3.45. The number of likely N-dealkylation sites (N-methyl/N-ethyl adjacent to an activating group) is 1. The Morgan fingerprint density at radius 2 is 1.72 bits per heavy atom.